The minimum absolute atomic E-state index is 0.0721. The molecule has 35 heavy (non-hydrogen) atoms. The molecule has 0 atom stereocenters. The quantitative estimate of drug-likeness (QED) is 0.403. The number of nitrogens with zero attached hydrogens (tertiary/aromatic N) is 2. The lowest BCUT2D eigenvalue weighted by atomic mass is 10.2. The van der Waals surface area contributed by atoms with Crippen LogP contribution < -0.4 is 23.7 Å². The van der Waals surface area contributed by atoms with E-state index in [1.165, 1.54) is 36.6 Å². The highest BCUT2D eigenvalue weighted by Gasteiger charge is 2.16. The molecule has 1 heterocycles. The van der Waals surface area contributed by atoms with Crippen LogP contribution in [0.5, 0.6) is 17.2 Å². The number of aromatic nitrogens is 1. The summed E-state index contributed by atoms with van der Waals surface area (Å²) in [6, 6.07) is 15.8. The first-order valence-electron chi connectivity index (χ1n) is 10.3. The van der Waals surface area contributed by atoms with Crippen molar-refractivity contribution >= 4 is 43.2 Å². The zero-order valence-corrected chi connectivity index (χ0v) is 21.1. The Morgan fingerprint density at radius 1 is 0.943 bits per heavy atom. The molecule has 0 saturated carbocycles. The Balaban J connectivity index is 1.63. The minimum Gasteiger partial charge on any atom is -0.497 e. The highest BCUT2D eigenvalue weighted by molar-refractivity contribution is 7.92. The third-order valence-electron chi connectivity index (χ3n) is 5.24. The van der Waals surface area contributed by atoms with E-state index in [-0.39, 0.29) is 16.1 Å². The Hall–Kier alpha value is -3.83. The fourth-order valence-corrected chi connectivity index (χ4v) is 5.47. The van der Waals surface area contributed by atoms with Crippen molar-refractivity contribution < 1.29 is 27.4 Å². The van der Waals surface area contributed by atoms with E-state index >= 15 is 0 Å². The average Bonchev–Trinajstić information content (AvgIpc) is 3.16. The molecule has 4 rings (SSSR count). The van der Waals surface area contributed by atoms with Crippen molar-refractivity contribution in [3.05, 3.63) is 71.0 Å². The average molecular weight is 514 g/mol. The first-order valence-corrected chi connectivity index (χ1v) is 12.6. The van der Waals surface area contributed by atoms with E-state index in [2.05, 4.69) is 9.71 Å². The van der Waals surface area contributed by atoms with E-state index < -0.39 is 15.9 Å². The molecule has 1 amide bonds. The minimum atomic E-state index is -3.85. The fourth-order valence-electron chi connectivity index (χ4n) is 3.40. The number of hydrogen-bond donors (Lipinski definition) is 1. The normalized spacial score (nSPS) is 11.9. The van der Waals surface area contributed by atoms with Gasteiger partial charge in [-0.3, -0.25) is 9.52 Å². The van der Waals surface area contributed by atoms with Crippen molar-refractivity contribution in [1.29, 1.82) is 0 Å². The molecule has 11 heteroatoms. The Bertz CT molecular complexity index is 1570. The molecule has 0 aliphatic carbocycles. The Labute approximate surface area is 206 Å². The van der Waals surface area contributed by atoms with Gasteiger partial charge in [0.15, 0.2) is 16.3 Å². The largest absolute Gasteiger partial charge is 0.497 e. The second-order valence-electron chi connectivity index (χ2n) is 7.40. The molecule has 182 valence electrons. The highest BCUT2D eigenvalue weighted by atomic mass is 32.2. The van der Waals surface area contributed by atoms with Gasteiger partial charge >= 0.3 is 0 Å². The molecule has 3 aromatic carbocycles. The summed E-state index contributed by atoms with van der Waals surface area (Å²) in [7, 11) is 2.57. The Morgan fingerprint density at radius 3 is 2.29 bits per heavy atom. The fraction of sp³-hybridized carbons (Fsp3) is 0.167. The second kappa shape index (κ2) is 9.80. The molecule has 9 nitrogen and oxygen atoms in total. The molecule has 0 aliphatic rings. The highest BCUT2D eigenvalue weighted by Crippen LogP contribution is 2.33. The topological polar surface area (TPSA) is 108 Å². The number of carbonyl (C=O) groups is 1. The zero-order chi connectivity index (χ0) is 25.2. The molecule has 1 aromatic heterocycles. The van der Waals surface area contributed by atoms with Crippen LogP contribution in [-0.2, 0) is 17.1 Å². The maximum atomic E-state index is 12.9. The van der Waals surface area contributed by atoms with Crippen molar-refractivity contribution in [2.24, 2.45) is 12.0 Å². The number of amides is 1. The van der Waals surface area contributed by atoms with Crippen molar-refractivity contribution in [2.45, 2.75) is 4.90 Å². The van der Waals surface area contributed by atoms with Crippen LogP contribution in [0.15, 0.2) is 70.6 Å². The molecule has 0 spiro atoms. The van der Waals surface area contributed by atoms with Gasteiger partial charge in [-0.15, -0.1) is 0 Å². The monoisotopic (exact) mass is 513 g/mol. The van der Waals surface area contributed by atoms with Crippen LogP contribution in [0.4, 0.5) is 5.69 Å². The third-order valence-corrected chi connectivity index (χ3v) is 7.74. The van der Waals surface area contributed by atoms with Gasteiger partial charge in [-0.05, 0) is 42.5 Å². The molecule has 0 fully saturated rings. The molecule has 0 bridgehead atoms. The van der Waals surface area contributed by atoms with E-state index in [1.54, 1.807) is 56.2 Å². The summed E-state index contributed by atoms with van der Waals surface area (Å²) >= 11 is 1.33. The van der Waals surface area contributed by atoms with Gasteiger partial charge in [0.2, 0.25) is 0 Å². The summed E-state index contributed by atoms with van der Waals surface area (Å²) in [6.07, 6.45) is 0. The number of aryl methyl sites for hydroxylation is 1. The molecule has 1 N–H and O–H groups in total. The van der Waals surface area contributed by atoms with Gasteiger partial charge in [-0.1, -0.05) is 17.4 Å². The van der Waals surface area contributed by atoms with Crippen LogP contribution in [0.1, 0.15) is 10.4 Å². The number of anilines is 1. The van der Waals surface area contributed by atoms with Gasteiger partial charge in [-0.25, -0.2) is 8.42 Å². The first kappa shape index (κ1) is 24.3. The number of methoxy groups -OCH3 is 3. The smallest absolute Gasteiger partial charge is 0.279 e. The van der Waals surface area contributed by atoms with Crippen LogP contribution in [0.25, 0.3) is 10.2 Å². The Morgan fingerprint density at radius 2 is 1.63 bits per heavy atom. The van der Waals surface area contributed by atoms with Gasteiger partial charge in [-0.2, -0.15) is 4.99 Å². The second-order valence-corrected chi connectivity index (χ2v) is 10.1. The lowest BCUT2D eigenvalue weighted by molar-refractivity contribution is 0.0998. The number of rotatable bonds is 7. The maximum absolute atomic E-state index is 12.9. The van der Waals surface area contributed by atoms with E-state index in [9.17, 15) is 13.2 Å². The third kappa shape index (κ3) is 5.00. The molecular formula is C24H23N3O6S2. The van der Waals surface area contributed by atoms with Gasteiger partial charge in [0, 0.05) is 30.4 Å². The lowest BCUT2D eigenvalue weighted by Gasteiger charge is -2.09. The van der Waals surface area contributed by atoms with E-state index in [4.69, 9.17) is 14.2 Å². The standard InChI is InChI=1S/C24H23N3O6S2/c1-27-19-13-20(32-3)21(33-4)14-22(19)34-24(27)25-23(28)15-6-5-7-16(12-15)26-35(29,30)18-10-8-17(31-2)9-11-18/h5-14,26H,1-4H3. The summed E-state index contributed by atoms with van der Waals surface area (Å²) in [5, 5.41) is 0. The summed E-state index contributed by atoms with van der Waals surface area (Å²) in [5.74, 6) is 1.20. The van der Waals surface area contributed by atoms with E-state index in [0.29, 0.717) is 22.0 Å². The van der Waals surface area contributed by atoms with E-state index in [1.807, 2.05) is 12.1 Å². The molecule has 0 unspecified atom stereocenters. The van der Waals surface area contributed by atoms with Crippen LogP contribution in [-0.4, -0.2) is 40.2 Å². The van der Waals surface area contributed by atoms with Gasteiger partial charge in [0.05, 0.1) is 36.4 Å². The van der Waals surface area contributed by atoms with Gasteiger partial charge in [0.25, 0.3) is 15.9 Å². The van der Waals surface area contributed by atoms with Crippen molar-refractivity contribution in [3.63, 3.8) is 0 Å². The maximum Gasteiger partial charge on any atom is 0.279 e. The summed E-state index contributed by atoms with van der Waals surface area (Å²) in [5.41, 5.74) is 1.32. The molecule has 0 radical (unpaired) electrons. The predicted molar refractivity (Wildman–Crippen MR) is 134 cm³/mol. The number of carbonyl (C=O) groups excluding carboxylic acids is 1. The number of nitrogens with one attached hydrogen (secondary N) is 1. The summed E-state index contributed by atoms with van der Waals surface area (Å²) in [4.78, 5) is 17.7. The molecule has 4 aromatic rings. The summed E-state index contributed by atoms with van der Waals surface area (Å²) in [6.45, 7) is 0. The molecular weight excluding hydrogens is 490 g/mol. The predicted octanol–water partition coefficient (Wildman–Crippen LogP) is 3.81. The Kier molecular flexibility index (Phi) is 6.81. The van der Waals surface area contributed by atoms with Crippen LogP contribution in [0.2, 0.25) is 0 Å². The van der Waals surface area contributed by atoms with Crippen LogP contribution in [0, 0.1) is 0 Å². The van der Waals surface area contributed by atoms with Gasteiger partial charge in [0.1, 0.15) is 5.75 Å². The lowest BCUT2D eigenvalue weighted by Crippen LogP contribution is -2.14. The summed E-state index contributed by atoms with van der Waals surface area (Å²) < 4.78 is 46.4. The van der Waals surface area contributed by atoms with Gasteiger partial charge < -0.3 is 18.8 Å². The number of fused-ring (bicyclic) bond motifs is 1. The number of benzene rings is 3. The first-order chi connectivity index (χ1) is 16.7. The molecule has 0 saturated heterocycles. The number of hydrogen-bond acceptors (Lipinski definition) is 7. The van der Waals surface area contributed by atoms with Crippen molar-refractivity contribution in [1.82, 2.24) is 4.57 Å². The van der Waals surface area contributed by atoms with Crippen LogP contribution in [0.3, 0.4) is 0 Å². The zero-order valence-electron chi connectivity index (χ0n) is 19.4. The van der Waals surface area contributed by atoms with Crippen molar-refractivity contribution in [3.8, 4) is 17.2 Å². The van der Waals surface area contributed by atoms with Crippen LogP contribution >= 0.6 is 11.3 Å². The number of sulfonamides is 1. The van der Waals surface area contributed by atoms with E-state index in [0.717, 1.165) is 10.2 Å². The SMILES string of the molecule is COc1ccc(S(=O)(=O)Nc2cccc(C(=O)N=c3sc4cc(OC)c(OC)cc4n3C)c2)cc1. The number of thiazole rings is 1. The van der Waals surface area contributed by atoms with Crippen molar-refractivity contribution in [2.75, 3.05) is 26.1 Å². The number of ether oxygens (including phenoxy) is 3. The molecule has 0 aliphatic heterocycles.